The maximum Gasteiger partial charge on any atom is 0.255 e. The van der Waals surface area contributed by atoms with Crippen molar-refractivity contribution in [2.24, 2.45) is 0 Å². The molecule has 0 heterocycles. The molecular formula is C15H15ClN2O3S. The molecule has 7 heteroatoms. The molecule has 0 fully saturated rings. The lowest BCUT2D eigenvalue weighted by atomic mass is 10.1. The van der Waals surface area contributed by atoms with E-state index in [1.165, 1.54) is 19.2 Å². The number of hydrogen-bond acceptors (Lipinski definition) is 3. The number of hydrogen-bond donors (Lipinski definition) is 2. The maximum atomic E-state index is 12.2. The summed E-state index contributed by atoms with van der Waals surface area (Å²) in [5, 5.41) is 3.25. The Bertz CT molecular complexity index is 802. The lowest BCUT2D eigenvalue weighted by Gasteiger charge is -2.11. The summed E-state index contributed by atoms with van der Waals surface area (Å²) >= 11 is 5.78. The van der Waals surface area contributed by atoms with E-state index in [0.717, 1.165) is 5.56 Å². The third kappa shape index (κ3) is 3.65. The van der Waals surface area contributed by atoms with Crippen LogP contribution in [0, 0.1) is 6.92 Å². The van der Waals surface area contributed by atoms with Gasteiger partial charge in [0.1, 0.15) is 0 Å². The summed E-state index contributed by atoms with van der Waals surface area (Å²) in [5.74, 6) is -0.334. The number of benzene rings is 2. The zero-order valence-corrected chi connectivity index (χ0v) is 13.6. The standard InChI is InChI=1S/C15H15ClN2O3S/c1-10-3-8-13(22(20,21)17-2)9-14(10)18-15(19)11-4-6-12(16)7-5-11/h3-9,17H,1-2H3,(H,18,19). The molecule has 0 atom stereocenters. The highest BCUT2D eigenvalue weighted by Crippen LogP contribution is 2.21. The molecule has 1 amide bonds. The molecule has 0 unspecified atom stereocenters. The van der Waals surface area contributed by atoms with Gasteiger partial charge in [0.15, 0.2) is 0 Å². The van der Waals surface area contributed by atoms with E-state index in [4.69, 9.17) is 11.6 Å². The lowest BCUT2D eigenvalue weighted by molar-refractivity contribution is 0.102. The van der Waals surface area contributed by atoms with E-state index in [2.05, 4.69) is 10.0 Å². The van der Waals surface area contributed by atoms with Crippen LogP contribution in [0.4, 0.5) is 5.69 Å². The molecule has 22 heavy (non-hydrogen) atoms. The van der Waals surface area contributed by atoms with E-state index >= 15 is 0 Å². The zero-order chi connectivity index (χ0) is 16.3. The lowest BCUT2D eigenvalue weighted by Crippen LogP contribution is -2.19. The van der Waals surface area contributed by atoms with Crippen LogP contribution >= 0.6 is 11.6 Å². The van der Waals surface area contributed by atoms with Gasteiger partial charge >= 0.3 is 0 Å². The Morgan fingerprint density at radius 1 is 1.09 bits per heavy atom. The number of aryl methyl sites for hydroxylation is 1. The molecule has 0 saturated heterocycles. The van der Waals surface area contributed by atoms with Crippen molar-refractivity contribution < 1.29 is 13.2 Å². The van der Waals surface area contributed by atoms with Crippen molar-refractivity contribution in [2.75, 3.05) is 12.4 Å². The summed E-state index contributed by atoms with van der Waals surface area (Å²) in [6.45, 7) is 1.78. The summed E-state index contributed by atoms with van der Waals surface area (Å²) in [5.41, 5.74) is 1.64. The van der Waals surface area contributed by atoms with E-state index in [0.29, 0.717) is 16.3 Å². The molecule has 0 spiro atoms. The summed E-state index contributed by atoms with van der Waals surface area (Å²) in [6.07, 6.45) is 0. The van der Waals surface area contributed by atoms with Crippen LogP contribution in [-0.4, -0.2) is 21.4 Å². The fraction of sp³-hybridized carbons (Fsp3) is 0.133. The average Bonchev–Trinajstić information content (AvgIpc) is 2.50. The highest BCUT2D eigenvalue weighted by molar-refractivity contribution is 7.89. The zero-order valence-electron chi connectivity index (χ0n) is 12.1. The normalized spacial score (nSPS) is 11.2. The fourth-order valence-electron chi connectivity index (χ4n) is 1.82. The van der Waals surface area contributed by atoms with E-state index in [9.17, 15) is 13.2 Å². The number of carbonyl (C=O) groups is 1. The van der Waals surface area contributed by atoms with E-state index in [-0.39, 0.29) is 10.8 Å². The molecule has 0 radical (unpaired) electrons. The molecule has 2 rings (SSSR count). The molecular weight excluding hydrogens is 324 g/mol. The molecule has 0 aliphatic carbocycles. The van der Waals surface area contributed by atoms with Crippen molar-refractivity contribution in [3.05, 3.63) is 58.6 Å². The van der Waals surface area contributed by atoms with Crippen molar-refractivity contribution >= 4 is 33.2 Å². The fourth-order valence-corrected chi connectivity index (χ4v) is 2.70. The third-order valence-electron chi connectivity index (χ3n) is 3.14. The Balaban J connectivity index is 2.31. The van der Waals surface area contributed by atoms with Crippen LogP contribution in [0.15, 0.2) is 47.4 Å². The first-order valence-electron chi connectivity index (χ1n) is 6.44. The minimum Gasteiger partial charge on any atom is -0.322 e. The number of rotatable bonds is 4. The third-order valence-corrected chi connectivity index (χ3v) is 4.81. The molecule has 5 nitrogen and oxygen atoms in total. The van der Waals surface area contributed by atoms with E-state index < -0.39 is 10.0 Å². The predicted octanol–water partition coefficient (Wildman–Crippen LogP) is 2.81. The highest BCUT2D eigenvalue weighted by atomic mass is 35.5. The van der Waals surface area contributed by atoms with Crippen LogP contribution in [-0.2, 0) is 10.0 Å². The Kier molecular flexibility index (Phi) is 4.85. The molecule has 2 N–H and O–H groups in total. The second-order valence-corrected chi connectivity index (χ2v) is 6.97. The Hall–Kier alpha value is -1.89. The molecule has 0 bridgehead atoms. The molecule has 116 valence electrons. The summed E-state index contributed by atoms with van der Waals surface area (Å²) in [4.78, 5) is 12.3. The van der Waals surface area contributed by atoms with Gasteiger partial charge in [-0.05, 0) is 55.9 Å². The topological polar surface area (TPSA) is 75.3 Å². The predicted molar refractivity (Wildman–Crippen MR) is 86.8 cm³/mol. The van der Waals surface area contributed by atoms with Crippen molar-refractivity contribution in [1.29, 1.82) is 0 Å². The molecule has 2 aromatic carbocycles. The second-order valence-electron chi connectivity index (χ2n) is 4.65. The Morgan fingerprint density at radius 2 is 1.73 bits per heavy atom. The molecule has 0 saturated carbocycles. The summed E-state index contributed by atoms with van der Waals surface area (Å²) < 4.78 is 25.9. The van der Waals surface area contributed by atoms with Crippen LogP contribution in [0.25, 0.3) is 0 Å². The van der Waals surface area contributed by atoms with Crippen LogP contribution < -0.4 is 10.0 Å². The van der Waals surface area contributed by atoms with Crippen LogP contribution in [0.1, 0.15) is 15.9 Å². The Labute approximate surface area is 134 Å². The minimum absolute atomic E-state index is 0.0898. The molecule has 0 aliphatic heterocycles. The molecule has 0 aliphatic rings. The largest absolute Gasteiger partial charge is 0.322 e. The average molecular weight is 339 g/mol. The van der Waals surface area contributed by atoms with Gasteiger partial charge in [0, 0.05) is 16.3 Å². The number of carbonyl (C=O) groups excluding carboxylic acids is 1. The number of sulfonamides is 1. The van der Waals surface area contributed by atoms with Crippen molar-refractivity contribution in [3.63, 3.8) is 0 Å². The van der Waals surface area contributed by atoms with Crippen LogP contribution in [0.5, 0.6) is 0 Å². The van der Waals surface area contributed by atoms with Gasteiger partial charge in [-0.3, -0.25) is 4.79 Å². The number of amides is 1. The van der Waals surface area contributed by atoms with Crippen molar-refractivity contribution in [1.82, 2.24) is 4.72 Å². The van der Waals surface area contributed by atoms with Crippen molar-refractivity contribution in [2.45, 2.75) is 11.8 Å². The van der Waals surface area contributed by atoms with Gasteiger partial charge in [0.05, 0.1) is 4.90 Å². The van der Waals surface area contributed by atoms with Gasteiger partial charge in [0.2, 0.25) is 10.0 Å². The quantitative estimate of drug-likeness (QED) is 0.900. The van der Waals surface area contributed by atoms with Gasteiger partial charge in [-0.1, -0.05) is 17.7 Å². The molecule has 2 aromatic rings. The highest BCUT2D eigenvalue weighted by Gasteiger charge is 2.14. The van der Waals surface area contributed by atoms with E-state index in [1.807, 2.05) is 0 Å². The van der Waals surface area contributed by atoms with E-state index in [1.54, 1.807) is 37.3 Å². The summed E-state index contributed by atoms with van der Waals surface area (Å²) in [6, 6.07) is 11.0. The van der Waals surface area contributed by atoms with Crippen LogP contribution in [0.3, 0.4) is 0 Å². The number of halogens is 1. The number of nitrogens with one attached hydrogen (secondary N) is 2. The van der Waals surface area contributed by atoms with Gasteiger partial charge in [0.25, 0.3) is 5.91 Å². The smallest absolute Gasteiger partial charge is 0.255 e. The first kappa shape index (κ1) is 16.5. The van der Waals surface area contributed by atoms with Gasteiger partial charge < -0.3 is 5.32 Å². The molecule has 0 aromatic heterocycles. The monoisotopic (exact) mass is 338 g/mol. The maximum absolute atomic E-state index is 12.2. The number of anilines is 1. The first-order chi connectivity index (χ1) is 10.3. The minimum atomic E-state index is -3.56. The Morgan fingerprint density at radius 3 is 2.32 bits per heavy atom. The SMILES string of the molecule is CNS(=O)(=O)c1ccc(C)c(NC(=O)c2ccc(Cl)cc2)c1. The summed E-state index contributed by atoms with van der Waals surface area (Å²) in [7, 11) is -2.23. The van der Waals surface area contributed by atoms with Crippen molar-refractivity contribution in [3.8, 4) is 0 Å². The van der Waals surface area contributed by atoms with Crippen LogP contribution in [0.2, 0.25) is 5.02 Å². The second kappa shape index (κ2) is 6.48. The van der Waals surface area contributed by atoms with Gasteiger partial charge in [-0.15, -0.1) is 0 Å². The van der Waals surface area contributed by atoms with Gasteiger partial charge in [-0.2, -0.15) is 0 Å². The van der Waals surface area contributed by atoms with Gasteiger partial charge in [-0.25, -0.2) is 13.1 Å². The first-order valence-corrected chi connectivity index (χ1v) is 8.31.